The lowest BCUT2D eigenvalue weighted by Crippen LogP contribution is -2.30. The van der Waals surface area contributed by atoms with Gasteiger partial charge in [-0.25, -0.2) is 0 Å². The van der Waals surface area contributed by atoms with E-state index in [9.17, 15) is 9.59 Å². The first-order valence-electron chi connectivity index (χ1n) is 8.72. The fraction of sp³-hybridized carbons (Fsp3) is 0.333. The number of carbonyl (C=O) groups excluding carboxylic acids is 2. The summed E-state index contributed by atoms with van der Waals surface area (Å²) in [4.78, 5) is 24.5. The summed E-state index contributed by atoms with van der Waals surface area (Å²) in [6, 6.07) is 14.4. The summed E-state index contributed by atoms with van der Waals surface area (Å²) < 4.78 is 10.3. The maximum Gasteiger partial charge on any atom is 0.314 e. The van der Waals surface area contributed by atoms with Crippen LogP contribution in [-0.2, 0) is 20.9 Å². The molecule has 0 bridgehead atoms. The monoisotopic (exact) mass is 389 g/mol. The highest BCUT2D eigenvalue weighted by molar-refractivity contribution is 6.30. The van der Waals surface area contributed by atoms with Gasteiger partial charge >= 0.3 is 5.97 Å². The van der Waals surface area contributed by atoms with Crippen LogP contribution in [0, 0.1) is 5.92 Å². The van der Waals surface area contributed by atoms with Crippen LogP contribution in [0.15, 0.2) is 48.5 Å². The highest BCUT2D eigenvalue weighted by atomic mass is 35.5. The van der Waals surface area contributed by atoms with Crippen molar-refractivity contribution in [3.63, 3.8) is 0 Å². The number of benzene rings is 2. The van der Waals surface area contributed by atoms with Crippen LogP contribution < -0.4 is 10.1 Å². The smallest absolute Gasteiger partial charge is 0.314 e. The molecule has 0 aliphatic carbocycles. The summed E-state index contributed by atoms with van der Waals surface area (Å²) >= 11 is 5.90. The van der Waals surface area contributed by atoms with Gasteiger partial charge < -0.3 is 14.8 Å². The van der Waals surface area contributed by atoms with E-state index in [1.165, 1.54) is 0 Å². The number of esters is 1. The molecule has 27 heavy (non-hydrogen) atoms. The number of rotatable bonds is 8. The number of amides is 1. The molecule has 2 aromatic rings. The minimum absolute atomic E-state index is 0.0287. The van der Waals surface area contributed by atoms with Crippen molar-refractivity contribution in [2.45, 2.75) is 26.3 Å². The summed E-state index contributed by atoms with van der Waals surface area (Å²) in [5.41, 5.74) is 1.75. The number of ether oxygens (including phenoxy) is 2. The van der Waals surface area contributed by atoms with Crippen LogP contribution in [-0.4, -0.2) is 25.6 Å². The Morgan fingerprint density at radius 2 is 1.67 bits per heavy atom. The molecule has 0 aliphatic rings. The van der Waals surface area contributed by atoms with Crippen LogP contribution in [0.4, 0.5) is 0 Å². The van der Waals surface area contributed by atoms with Gasteiger partial charge in [0, 0.05) is 11.6 Å². The zero-order valence-corrected chi connectivity index (χ0v) is 16.5. The van der Waals surface area contributed by atoms with Gasteiger partial charge in [-0.1, -0.05) is 49.7 Å². The normalized spacial score (nSPS) is 11.7. The topological polar surface area (TPSA) is 64.6 Å². The van der Waals surface area contributed by atoms with Crippen LogP contribution in [0.25, 0.3) is 0 Å². The van der Waals surface area contributed by atoms with E-state index in [0.29, 0.717) is 11.6 Å². The van der Waals surface area contributed by atoms with E-state index in [1.54, 1.807) is 31.4 Å². The molecular formula is C21H24ClNO4. The highest BCUT2D eigenvalue weighted by Gasteiger charge is 2.26. The third-order valence-electron chi connectivity index (χ3n) is 4.14. The second kappa shape index (κ2) is 9.97. The zero-order valence-electron chi connectivity index (χ0n) is 15.7. The van der Waals surface area contributed by atoms with E-state index < -0.39 is 11.9 Å². The Labute approximate surface area is 164 Å². The molecule has 0 saturated carbocycles. The van der Waals surface area contributed by atoms with Gasteiger partial charge in [0.25, 0.3) is 5.91 Å². The lowest BCUT2D eigenvalue weighted by Gasteiger charge is -2.20. The van der Waals surface area contributed by atoms with Crippen LogP contribution in [0.5, 0.6) is 5.75 Å². The maximum absolute atomic E-state index is 12.5. The fourth-order valence-electron chi connectivity index (χ4n) is 2.68. The molecule has 1 amide bonds. The Morgan fingerprint density at radius 3 is 2.22 bits per heavy atom. The third-order valence-corrected chi connectivity index (χ3v) is 4.40. The standard InChI is InChI=1S/C21H24ClNO4/c1-14(2)20(16-6-8-17(22)9-7-16)21(25)27-13-19(24)23-12-15-4-10-18(26-3)11-5-15/h4-11,14,20H,12-13H2,1-3H3,(H,23,24)/t20-/m1/s1. The molecule has 6 heteroatoms. The molecule has 0 radical (unpaired) electrons. The molecule has 0 aliphatic heterocycles. The van der Waals surface area contributed by atoms with E-state index >= 15 is 0 Å². The van der Waals surface area contributed by atoms with Gasteiger partial charge in [0.15, 0.2) is 6.61 Å². The summed E-state index contributed by atoms with van der Waals surface area (Å²) in [5, 5.41) is 3.34. The predicted molar refractivity (Wildman–Crippen MR) is 105 cm³/mol. The molecule has 2 aromatic carbocycles. The summed E-state index contributed by atoms with van der Waals surface area (Å²) in [6.45, 7) is 3.91. The first-order chi connectivity index (χ1) is 12.9. The van der Waals surface area contributed by atoms with Crippen molar-refractivity contribution < 1.29 is 19.1 Å². The van der Waals surface area contributed by atoms with E-state index in [-0.39, 0.29) is 18.4 Å². The molecule has 5 nitrogen and oxygen atoms in total. The van der Waals surface area contributed by atoms with Gasteiger partial charge in [0.2, 0.25) is 0 Å². The first kappa shape index (κ1) is 20.8. The van der Waals surface area contributed by atoms with E-state index in [4.69, 9.17) is 21.1 Å². The Hall–Kier alpha value is -2.53. The molecule has 0 fully saturated rings. The van der Waals surface area contributed by atoms with Crippen molar-refractivity contribution in [2.24, 2.45) is 5.92 Å². The molecule has 1 atom stereocenters. The molecule has 1 N–H and O–H groups in total. The number of nitrogens with one attached hydrogen (secondary N) is 1. The molecule has 144 valence electrons. The summed E-state index contributed by atoms with van der Waals surface area (Å²) in [7, 11) is 1.60. The number of methoxy groups -OCH3 is 1. The quantitative estimate of drug-likeness (QED) is 0.694. The van der Waals surface area contributed by atoms with Gasteiger partial charge in [0.05, 0.1) is 13.0 Å². The van der Waals surface area contributed by atoms with Crippen molar-refractivity contribution >= 4 is 23.5 Å². The van der Waals surface area contributed by atoms with Gasteiger partial charge in [-0.15, -0.1) is 0 Å². The molecule has 0 saturated heterocycles. The third kappa shape index (κ3) is 6.29. The zero-order chi connectivity index (χ0) is 19.8. The van der Waals surface area contributed by atoms with Crippen LogP contribution in [0.3, 0.4) is 0 Å². The maximum atomic E-state index is 12.5. The lowest BCUT2D eigenvalue weighted by molar-refractivity contribution is -0.151. The SMILES string of the molecule is COc1ccc(CNC(=O)COC(=O)[C@@H](c2ccc(Cl)cc2)C(C)C)cc1. The Kier molecular flexibility index (Phi) is 7.67. The van der Waals surface area contributed by atoms with Crippen LogP contribution in [0.2, 0.25) is 5.02 Å². The molecule has 2 rings (SSSR count). The summed E-state index contributed by atoms with van der Waals surface area (Å²) in [5.74, 6) is -0.441. The first-order valence-corrected chi connectivity index (χ1v) is 9.10. The average molecular weight is 390 g/mol. The van der Waals surface area contributed by atoms with E-state index in [1.807, 2.05) is 38.1 Å². The fourth-order valence-corrected chi connectivity index (χ4v) is 2.81. The molecule has 0 aromatic heterocycles. The number of halogens is 1. The molecule has 0 heterocycles. The Morgan fingerprint density at radius 1 is 1.04 bits per heavy atom. The average Bonchev–Trinajstić information content (AvgIpc) is 2.66. The van der Waals surface area contributed by atoms with Gasteiger partial charge in [-0.05, 0) is 41.3 Å². The van der Waals surface area contributed by atoms with Gasteiger partial charge in [0.1, 0.15) is 5.75 Å². The number of hydrogen-bond donors (Lipinski definition) is 1. The summed E-state index contributed by atoms with van der Waals surface area (Å²) in [6.07, 6.45) is 0. The number of carbonyl (C=O) groups is 2. The Balaban J connectivity index is 1.86. The Bertz CT molecular complexity index is 757. The van der Waals surface area contributed by atoms with E-state index in [2.05, 4.69) is 5.32 Å². The van der Waals surface area contributed by atoms with Crippen molar-refractivity contribution in [3.8, 4) is 5.75 Å². The molecular weight excluding hydrogens is 366 g/mol. The van der Waals surface area contributed by atoms with Crippen LogP contribution >= 0.6 is 11.6 Å². The van der Waals surface area contributed by atoms with Crippen molar-refractivity contribution in [3.05, 3.63) is 64.7 Å². The molecule has 0 spiro atoms. The second-order valence-electron chi connectivity index (χ2n) is 6.51. The van der Waals surface area contributed by atoms with Crippen molar-refractivity contribution in [2.75, 3.05) is 13.7 Å². The lowest BCUT2D eigenvalue weighted by atomic mass is 9.88. The minimum atomic E-state index is -0.448. The van der Waals surface area contributed by atoms with E-state index in [0.717, 1.165) is 16.9 Å². The van der Waals surface area contributed by atoms with Crippen molar-refractivity contribution in [1.29, 1.82) is 0 Å². The predicted octanol–water partition coefficient (Wildman–Crippen LogP) is 3.95. The van der Waals surface area contributed by atoms with Crippen molar-refractivity contribution in [1.82, 2.24) is 5.32 Å². The highest BCUT2D eigenvalue weighted by Crippen LogP contribution is 2.27. The largest absolute Gasteiger partial charge is 0.497 e. The van der Waals surface area contributed by atoms with Crippen LogP contribution in [0.1, 0.15) is 30.9 Å². The minimum Gasteiger partial charge on any atom is -0.497 e. The number of hydrogen-bond acceptors (Lipinski definition) is 4. The molecule has 0 unspecified atom stereocenters. The van der Waals surface area contributed by atoms with Gasteiger partial charge in [-0.3, -0.25) is 9.59 Å². The second-order valence-corrected chi connectivity index (χ2v) is 6.94. The van der Waals surface area contributed by atoms with Gasteiger partial charge in [-0.2, -0.15) is 0 Å².